The highest BCUT2D eigenvalue weighted by atomic mass is 16.5. The molecule has 2 aromatic rings. The lowest BCUT2D eigenvalue weighted by Gasteiger charge is -2.35. The van der Waals surface area contributed by atoms with Gasteiger partial charge in [-0.1, -0.05) is 44.2 Å². The average molecular weight is 505 g/mol. The minimum atomic E-state index is -0.596. The van der Waals surface area contributed by atoms with Crippen LogP contribution in [-0.2, 0) is 27.4 Å². The van der Waals surface area contributed by atoms with E-state index in [0.717, 1.165) is 49.5 Å². The highest BCUT2D eigenvalue weighted by Gasteiger charge is 2.43. The van der Waals surface area contributed by atoms with Gasteiger partial charge in [0.1, 0.15) is 12.1 Å². The maximum atomic E-state index is 13.8. The molecular formula is C29H36N4O4. The zero-order valence-electron chi connectivity index (χ0n) is 21.7. The van der Waals surface area contributed by atoms with Crippen LogP contribution in [0.4, 0.5) is 5.69 Å². The second-order valence-corrected chi connectivity index (χ2v) is 10.5. The van der Waals surface area contributed by atoms with Crippen LogP contribution in [0, 0.1) is 5.92 Å². The number of hydrogen-bond donors (Lipinski definition) is 1. The van der Waals surface area contributed by atoms with Crippen molar-refractivity contribution in [1.82, 2.24) is 15.1 Å². The standard InChI is InChI=1S/C29H36N4O4/c1-20(2)26(33-19-22-6-3-4-7-24(22)28(33)35)29(36)32-13-5-8-25(32)27(34)30-18-21-9-11-23(12-10-21)31-14-16-37-17-15-31/h3-4,6-7,9-12,20,25-26H,5,8,13-19H2,1-2H3,(H,30,34)/t25-,26?/m0/s1. The quantitative estimate of drug-likeness (QED) is 0.627. The van der Waals surface area contributed by atoms with Gasteiger partial charge in [-0.25, -0.2) is 0 Å². The topological polar surface area (TPSA) is 82.2 Å². The summed E-state index contributed by atoms with van der Waals surface area (Å²) in [4.78, 5) is 45.8. The Balaban J connectivity index is 1.22. The van der Waals surface area contributed by atoms with Gasteiger partial charge in [0.15, 0.2) is 0 Å². The number of carbonyl (C=O) groups excluding carboxylic acids is 3. The summed E-state index contributed by atoms with van der Waals surface area (Å²) in [7, 11) is 0. The molecule has 2 fully saturated rings. The number of carbonyl (C=O) groups is 3. The van der Waals surface area contributed by atoms with Crippen LogP contribution in [0.1, 0.15) is 48.2 Å². The fraction of sp³-hybridized carbons (Fsp3) is 0.483. The second kappa shape index (κ2) is 10.9. The molecule has 3 aliphatic rings. The van der Waals surface area contributed by atoms with E-state index in [0.29, 0.717) is 31.6 Å². The van der Waals surface area contributed by atoms with E-state index >= 15 is 0 Å². The number of nitrogens with one attached hydrogen (secondary N) is 1. The van der Waals surface area contributed by atoms with Crippen LogP contribution in [0.5, 0.6) is 0 Å². The van der Waals surface area contributed by atoms with Crippen LogP contribution < -0.4 is 10.2 Å². The third-order valence-electron chi connectivity index (χ3n) is 7.69. The summed E-state index contributed by atoms with van der Waals surface area (Å²) >= 11 is 0. The Labute approximate surface area is 218 Å². The van der Waals surface area contributed by atoms with Crippen molar-refractivity contribution >= 4 is 23.4 Å². The Hall–Kier alpha value is -3.39. The van der Waals surface area contributed by atoms with Gasteiger partial charge in [0.2, 0.25) is 11.8 Å². The molecule has 0 saturated carbocycles. The number of likely N-dealkylation sites (tertiary alicyclic amines) is 1. The van der Waals surface area contributed by atoms with Crippen molar-refractivity contribution in [3.8, 4) is 0 Å². The summed E-state index contributed by atoms with van der Waals surface area (Å²) < 4.78 is 5.42. The van der Waals surface area contributed by atoms with Crippen molar-refractivity contribution in [3.05, 3.63) is 65.2 Å². The van der Waals surface area contributed by atoms with E-state index in [4.69, 9.17) is 4.74 Å². The lowest BCUT2D eigenvalue weighted by atomic mass is 10.0. The Kier molecular flexibility index (Phi) is 7.46. The summed E-state index contributed by atoms with van der Waals surface area (Å²) in [6.45, 7) is 8.54. The molecule has 0 aliphatic carbocycles. The predicted octanol–water partition coefficient (Wildman–Crippen LogP) is 2.81. The smallest absolute Gasteiger partial charge is 0.255 e. The predicted molar refractivity (Wildman–Crippen MR) is 141 cm³/mol. The number of morpholine rings is 1. The fourth-order valence-electron chi connectivity index (χ4n) is 5.71. The van der Waals surface area contributed by atoms with E-state index in [-0.39, 0.29) is 23.6 Å². The highest BCUT2D eigenvalue weighted by molar-refractivity contribution is 6.01. The summed E-state index contributed by atoms with van der Waals surface area (Å²) in [5, 5.41) is 3.04. The molecule has 5 rings (SSSR count). The number of ether oxygens (including phenoxy) is 1. The molecule has 3 heterocycles. The van der Waals surface area contributed by atoms with Crippen molar-refractivity contribution in [2.45, 2.75) is 51.9 Å². The van der Waals surface area contributed by atoms with E-state index < -0.39 is 12.1 Å². The molecule has 8 nitrogen and oxygen atoms in total. The SMILES string of the molecule is CC(C)C(C(=O)N1CCC[C@H]1C(=O)NCc1ccc(N2CCOCC2)cc1)N1Cc2ccccc2C1=O. The largest absolute Gasteiger partial charge is 0.378 e. The van der Waals surface area contributed by atoms with Gasteiger partial charge < -0.3 is 24.8 Å². The van der Waals surface area contributed by atoms with E-state index in [1.807, 2.05) is 50.2 Å². The Bertz CT molecular complexity index is 1140. The Morgan fingerprint density at radius 3 is 2.46 bits per heavy atom. The van der Waals surface area contributed by atoms with E-state index in [9.17, 15) is 14.4 Å². The van der Waals surface area contributed by atoms with Crippen molar-refractivity contribution < 1.29 is 19.1 Å². The molecule has 2 aromatic carbocycles. The molecule has 1 unspecified atom stereocenters. The molecule has 3 amide bonds. The Morgan fingerprint density at radius 1 is 1.03 bits per heavy atom. The zero-order valence-corrected chi connectivity index (χ0v) is 21.7. The lowest BCUT2D eigenvalue weighted by molar-refractivity contribution is -0.143. The van der Waals surface area contributed by atoms with E-state index in [1.54, 1.807) is 9.80 Å². The van der Waals surface area contributed by atoms with Gasteiger partial charge in [-0.05, 0) is 48.1 Å². The van der Waals surface area contributed by atoms with Crippen molar-refractivity contribution in [3.63, 3.8) is 0 Å². The van der Waals surface area contributed by atoms with Crippen LogP contribution in [0.3, 0.4) is 0 Å². The van der Waals surface area contributed by atoms with E-state index in [1.165, 1.54) is 0 Å². The van der Waals surface area contributed by atoms with Crippen LogP contribution in [-0.4, -0.2) is 72.5 Å². The third-order valence-corrected chi connectivity index (χ3v) is 7.69. The number of fused-ring (bicyclic) bond motifs is 1. The summed E-state index contributed by atoms with van der Waals surface area (Å²) in [5.74, 6) is -0.450. The molecular weight excluding hydrogens is 468 g/mol. The van der Waals surface area contributed by atoms with Crippen LogP contribution in [0.15, 0.2) is 48.5 Å². The molecule has 0 radical (unpaired) electrons. The molecule has 2 saturated heterocycles. The van der Waals surface area contributed by atoms with Gasteiger partial charge in [-0.15, -0.1) is 0 Å². The average Bonchev–Trinajstić information content (AvgIpc) is 3.54. The Morgan fingerprint density at radius 2 is 1.76 bits per heavy atom. The fourth-order valence-corrected chi connectivity index (χ4v) is 5.71. The first-order valence-corrected chi connectivity index (χ1v) is 13.3. The number of rotatable bonds is 7. The van der Waals surface area contributed by atoms with Gasteiger partial charge in [0.25, 0.3) is 5.91 Å². The molecule has 37 heavy (non-hydrogen) atoms. The molecule has 196 valence electrons. The van der Waals surface area contributed by atoms with Crippen LogP contribution in [0.25, 0.3) is 0 Å². The number of anilines is 1. The number of benzene rings is 2. The first kappa shape index (κ1) is 25.3. The summed E-state index contributed by atoms with van der Waals surface area (Å²) in [6, 6.07) is 14.6. The normalized spacial score (nSPS) is 20.4. The number of nitrogens with zero attached hydrogens (tertiary/aromatic N) is 3. The van der Waals surface area contributed by atoms with Crippen molar-refractivity contribution in [2.75, 3.05) is 37.7 Å². The van der Waals surface area contributed by atoms with Gasteiger partial charge in [0, 0.05) is 44.0 Å². The molecule has 0 spiro atoms. The third kappa shape index (κ3) is 5.21. The molecule has 0 bridgehead atoms. The molecule has 1 N–H and O–H groups in total. The molecule has 0 aromatic heterocycles. The molecule has 8 heteroatoms. The summed E-state index contributed by atoms with van der Waals surface area (Å²) in [6.07, 6.45) is 1.41. The van der Waals surface area contributed by atoms with Gasteiger partial charge in [-0.3, -0.25) is 14.4 Å². The number of hydrogen-bond acceptors (Lipinski definition) is 5. The van der Waals surface area contributed by atoms with Gasteiger partial charge in [0.05, 0.1) is 13.2 Å². The maximum Gasteiger partial charge on any atom is 0.255 e. The molecule has 2 atom stereocenters. The first-order valence-electron chi connectivity index (χ1n) is 13.3. The first-order chi connectivity index (χ1) is 17.9. The summed E-state index contributed by atoms with van der Waals surface area (Å²) in [5.41, 5.74) is 3.78. The van der Waals surface area contributed by atoms with E-state index in [2.05, 4.69) is 22.3 Å². The monoisotopic (exact) mass is 504 g/mol. The van der Waals surface area contributed by atoms with Crippen LogP contribution >= 0.6 is 0 Å². The minimum absolute atomic E-state index is 0.0694. The second-order valence-electron chi connectivity index (χ2n) is 10.5. The van der Waals surface area contributed by atoms with Gasteiger partial charge >= 0.3 is 0 Å². The van der Waals surface area contributed by atoms with Gasteiger partial charge in [-0.2, -0.15) is 0 Å². The maximum absolute atomic E-state index is 13.8. The van der Waals surface area contributed by atoms with Crippen molar-refractivity contribution in [1.29, 1.82) is 0 Å². The minimum Gasteiger partial charge on any atom is -0.378 e. The lowest BCUT2D eigenvalue weighted by Crippen LogP contribution is -2.55. The highest BCUT2D eigenvalue weighted by Crippen LogP contribution is 2.30. The zero-order chi connectivity index (χ0) is 25.9. The van der Waals surface area contributed by atoms with Crippen LogP contribution in [0.2, 0.25) is 0 Å². The molecule has 3 aliphatic heterocycles. The number of amides is 3. The van der Waals surface area contributed by atoms with Crippen molar-refractivity contribution in [2.24, 2.45) is 5.92 Å².